The fourth-order valence-electron chi connectivity index (χ4n) is 1.40. The van der Waals surface area contributed by atoms with Gasteiger partial charge in [0.2, 0.25) is 0 Å². The van der Waals surface area contributed by atoms with E-state index in [0.717, 1.165) is 19.6 Å². The van der Waals surface area contributed by atoms with Gasteiger partial charge in [-0.1, -0.05) is 7.43 Å². The van der Waals surface area contributed by atoms with Crippen LogP contribution < -0.4 is 5.32 Å². The number of ether oxygens (including phenoxy) is 1. The predicted molar refractivity (Wildman–Crippen MR) is 41.4 cm³/mol. The van der Waals surface area contributed by atoms with Crippen LogP contribution in [0.3, 0.4) is 0 Å². The highest BCUT2D eigenvalue weighted by Gasteiger charge is 2.34. The van der Waals surface area contributed by atoms with Crippen molar-refractivity contribution in [3.05, 3.63) is 0 Å². The molecule has 2 aliphatic heterocycles. The number of rotatable bonds is 0. The first kappa shape index (κ1) is 8.33. The standard InChI is InChI=1S/C6H10N2O2.CH4/c9-6-8-2-1-7-3-5(8)4-10-6;/h5,7H,1-4H2;1H4/t5-;/m0./s1. The summed E-state index contributed by atoms with van der Waals surface area (Å²) >= 11 is 0. The molecule has 0 spiro atoms. The molecule has 0 unspecified atom stereocenters. The third kappa shape index (κ3) is 1.30. The number of hydrogen-bond acceptors (Lipinski definition) is 3. The van der Waals surface area contributed by atoms with Crippen LogP contribution in [0.1, 0.15) is 7.43 Å². The van der Waals surface area contributed by atoms with Crippen LogP contribution in [0.15, 0.2) is 0 Å². The zero-order valence-electron chi connectivity index (χ0n) is 5.67. The molecular weight excluding hydrogens is 144 g/mol. The molecule has 2 saturated heterocycles. The molecule has 0 radical (unpaired) electrons. The van der Waals surface area contributed by atoms with Gasteiger partial charge < -0.3 is 10.1 Å². The van der Waals surface area contributed by atoms with Gasteiger partial charge in [0.05, 0.1) is 6.04 Å². The topological polar surface area (TPSA) is 41.6 Å². The molecule has 2 rings (SSSR count). The Bertz CT molecular complexity index is 161. The normalized spacial score (nSPS) is 28.9. The molecule has 0 bridgehead atoms. The van der Waals surface area contributed by atoms with Crippen molar-refractivity contribution in [3.63, 3.8) is 0 Å². The zero-order chi connectivity index (χ0) is 6.97. The molecule has 11 heavy (non-hydrogen) atoms. The maximum atomic E-state index is 10.9. The monoisotopic (exact) mass is 158 g/mol. The number of carbonyl (C=O) groups excluding carboxylic acids is 1. The Morgan fingerprint density at radius 3 is 3.18 bits per heavy atom. The number of nitrogens with zero attached hydrogens (tertiary/aromatic N) is 1. The van der Waals surface area contributed by atoms with Crippen LogP contribution in [0.5, 0.6) is 0 Å². The highest BCUT2D eigenvalue weighted by Crippen LogP contribution is 2.12. The molecule has 2 fully saturated rings. The molecule has 1 amide bonds. The highest BCUT2D eigenvalue weighted by atomic mass is 16.6. The van der Waals surface area contributed by atoms with Crippen molar-refractivity contribution in [1.82, 2.24) is 10.2 Å². The van der Waals surface area contributed by atoms with Crippen LogP contribution >= 0.6 is 0 Å². The minimum Gasteiger partial charge on any atom is -0.447 e. The van der Waals surface area contributed by atoms with E-state index in [9.17, 15) is 4.79 Å². The van der Waals surface area contributed by atoms with E-state index >= 15 is 0 Å². The van der Waals surface area contributed by atoms with E-state index in [1.165, 1.54) is 0 Å². The highest BCUT2D eigenvalue weighted by molar-refractivity contribution is 5.70. The molecular formula is C7H14N2O2. The maximum absolute atomic E-state index is 10.9. The Kier molecular flexibility index (Phi) is 2.34. The van der Waals surface area contributed by atoms with Gasteiger partial charge >= 0.3 is 6.09 Å². The van der Waals surface area contributed by atoms with Crippen molar-refractivity contribution < 1.29 is 9.53 Å². The third-order valence-electron chi connectivity index (χ3n) is 1.98. The fraction of sp³-hybridized carbons (Fsp3) is 0.857. The van der Waals surface area contributed by atoms with E-state index < -0.39 is 0 Å². The van der Waals surface area contributed by atoms with Crippen LogP contribution in [-0.4, -0.2) is 43.3 Å². The van der Waals surface area contributed by atoms with Crippen molar-refractivity contribution in [3.8, 4) is 0 Å². The van der Waals surface area contributed by atoms with Crippen molar-refractivity contribution >= 4 is 6.09 Å². The smallest absolute Gasteiger partial charge is 0.410 e. The van der Waals surface area contributed by atoms with E-state index in [4.69, 9.17) is 4.74 Å². The van der Waals surface area contributed by atoms with Crippen LogP contribution in [0.4, 0.5) is 4.79 Å². The molecule has 0 saturated carbocycles. The van der Waals surface area contributed by atoms with Crippen molar-refractivity contribution in [2.45, 2.75) is 13.5 Å². The summed E-state index contributed by atoms with van der Waals surface area (Å²) in [6, 6.07) is 0.293. The first-order chi connectivity index (χ1) is 4.88. The van der Waals surface area contributed by atoms with Gasteiger partial charge in [0.1, 0.15) is 6.61 Å². The Labute approximate surface area is 66.5 Å². The summed E-state index contributed by atoms with van der Waals surface area (Å²) in [6.07, 6.45) is -0.147. The van der Waals surface area contributed by atoms with E-state index in [2.05, 4.69) is 5.32 Å². The van der Waals surface area contributed by atoms with E-state index in [1.54, 1.807) is 4.90 Å². The summed E-state index contributed by atoms with van der Waals surface area (Å²) in [5, 5.41) is 3.20. The zero-order valence-corrected chi connectivity index (χ0v) is 5.67. The van der Waals surface area contributed by atoms with E-state index in [0.29, 0.717) is 12.6 Å². The summed E-state index contributed by atoms with van der Waals surface area (Å²) in [5.74, 6) is 0. The van der Waals surface area contributed by atoms with E-state index in [-0.39, 0.29) is 13.5 Å². The van der Waals surface area contributed by atoms with Crippen LogP contribution in [-0.2, 0) is 4.74 Å². The predicted octanol–water partition coefficient (Wildman–Crippen LogP) is 0.0465. The van der Waals surface area contributed by atoms with Gasteiger partial charge in [0.25, 0.3) is 0 Å². The third-order valence-corrected chi connectivity index (χ3v) is 1.98. The Balaban J connectivity index is 0.000000605. The molecule has 0 aromatic carbocycles. The first-order valence-corrected chi connectivity index (χ1v) is 3.52. The molecule has 4 nitrogen and oxygen atoms in total. The summed E-state index contributed by atoms with van der Waals surface area (Å²) in [4.78, 5) is 12.7. The first-order valence-electron chi connectivity index (χ1n) is 3.52. The quantitative estimate of drug-likeness (QED) is 0.541. The van der Waals surface area contributed by atoms with Crippen molar-refractivity contribution in [1.29, 1.82) is 0 Å². The molecule has 4 heteroatoms. The molecule has 0 aliphatic carbocycles. The number of fused-ring (bicyclic) bond motifs is 1. The van der Waals surface area contributed by atoms with Gasteiger partial charge in [-0.25, -0.2) is 4.79 Å². The molecule has 0 aromatic rings. The van der Waals surface area contributed by atoms with Crippen molar-refractivity contribution in [2.75, 3.05) is 26.2 Å². The largest absolute Gasteiger partial charge is 0.447 e. The van der Waals surface area contributed by atoms with Crippen molar-refractivity contribution in [2.24, 2.45) is 0 Å². The summed E-state index contributed by atoms with van der Waals surface area (Å²) in [6.45, 7) is 3.13. The SMILES string of the molecule is C.O=C1OC[C@@H]2CNCCN12. The second-order valence-corrected chi connectivity index (χ2v) is 2.63. The molecule has 1 N–H and O–H groups in total. The number of piperazine rings is 1. The van der Waals surface area contributed by atoms with Gasteiger partial charge in [-0.05, 0) is 0 Å². The van der Waals surface area contributed by atoms with Gasteiger partial charge in [0, 0.05) is 19.6 Å². The average Bonchev–Trinajstić information content (AvgIpc) is 2.34. The lowest BCUT2D eigenvalue weighted by atomic mass is 10.2. The minimum atomic E-state index is -0.147. The molecule has 0 aromatic heterocycles. The second-order valence-electron chi connectivity index (χ2n) is 2.63. The molecule has 1 atom stereocenters. The summed E-state index contributed by atoms with van der Waals surface area (Å²) in [5.41, 5.74) is 0. The molecule has 64 valence electrons. The lowest BCUT2D eigenvalue weighted by Gasteiger charge is -2.26. The lowest BCUT2D eigenvalue weighted by molar-refractivity contribution is 0.155. The van der Waals surface area contributed by atoms with E-state index in [1.807, 2.05) is 0 Å². The number of cyclic esters (lactones) is 1. The van der Waals surface area contributed by atoms with Gasteiger partial charge in [-0.3, -0.25) is 4.90 Å². The number of amides is 1. The van der Waals surface area contributed by atoms with Crippen LogP contribution in [0.2, 0.25) is 0 Å². The molecule has 2 heterocycles. The average molecular weight is 158 g/mol. The van der Waals surface area contributed by atoms with Gasteiger partial charge in [-0.2, -0.15) is 0 Å². The summed E-state index contributed by atoms with van der Waals surface area (Å²) in [7, 11) is 0. The Morgan fingerprint density at radius 1 is 1.64 bits per heavy atom. The van der Waals surface area contributed by atoms with Crippen LogP contribution in [0.25, 0.3) is 0 Å². The molecule has 2 aliphatic rings. The maximum Gasteiger partial charge on any atom is 0.410 e. The van der Waals surface area contributed by atoms with Gasteiger partial charge in [-0.15, -0.1) is 0 Å². The summed E-state index contributed by atoms with van der Waals surface area (Å²) < 4.78 is 4.85. The number of hydrogen-bond donors (Lipinski definition) is 1. The lowest BCUT2D eigenvalue weighted by Crippen LogP contribution is -2.49. The Morgan fingerprint density at radius 2 is 2.45 bits per heavy atom. The number of nitrogens with one attached hydrogen (secondary N) is 1. The Hall–Kier alpha value is -0.770. The van der Waals surface area contributed by atoms with Gasteiger partial charge in [0.15, 0.2) is 0 Å². The number of carbonyl (C=O) groups is 1. The van der Waals surface area contributed by atoms with Crippen LogP contribution in [0, 0.1) is 0 Å². The minimum absolute atomic E-state index is 0. The fourth-order valence-corrected chi connectivity index (χ4v) is 1.40. The second kappa shape index (κ2) is 3.09.